The van der Waals surface area contributed by atoms with Crippen molar-refractivity contribution in [3.8, 4) is 0 Å². The first-order valence-electron chi connectivity index (χ1n) is 6.12. The van der Waals surface area contributed by atoms with E-state index in [1.54, 1.807) is 18.0 Å². The maximum Gasteiger partial charge on any atom is 0.202 e. The van der Waals surface area contributed by atoms with Crippen LogP contribution in [0.15, 0.2) is 70.5 Å². The normalized spacial score (nSPS) is 10.7. The lowest BCUT2D eigenvalue weighted by atomic mass is 10.2. The first kappa shape index (κ1) is 12.1. The van der Waals surface area contributed by atoms with Crippen LogP contribution < -0.4 is 5.43 Å². The second-order valence-electron chi connectivity index (χ2n) is 4.30. The van der Waals surface area contributed by atoms with Gasteiger partial charge in [0.05, 0.1) is 4.90 Å². The minimum Gasteiger partial charge on any atom is -0.360 e. The van der Waals surface area contributed by atoms with E-state index >= 15 is 0 Å². The van der Waals surface area contributed by atoms with Crippen molar-refractivity contribution >= 4 is 22.7 Å². The lowest BCUT2D eigenvalue weighted by Crippen LogP contribution is -2.05. The Balaban J connectivity index is 1.90. The van der Waals surface area contributed by atoms with Gasteiger partial charge in [-0.25, -0.2) is 0 Å². The number of aromatic nitrogens is 1. The van der Waals surface area contributed by atoms with E-state index in [0.29, 0.717) is 0 Å². The van der Waals surface area contributed by atoms with Crippen LogP contribution in [0.3, 0.4) is 0 Å². The van der Waals surface area contributed by atoms with Crippen molar-refractivity contribution in [2.45, 2.75) is 10.6 Å². The van der Waals surface area contributed by atoms with Gasteiger partial charge in [-0.3, -0.25) is 4.79 Å². The van der Waals surface area contributed by atoms with Crippen molar-refractivity contribution in [3.05, 3.63) is 76.6 Å². The molecule has 0 radical (unpaired) electrons. The van der Waals surface area contributed by atoms with Crippen LogP contribution >= 0.6 is 11.8 Å². The quantitative estimate of drug-likeness (QED) is 0.732. The van der Waals surface area contributed by atoms with Gasteiger partial charge in [0.2, 0.25) is 5.43 Å². The van der Waals surface area contributed by atoms with E-state index in [1.165, 1.54) is 5.56 Å². The van der Waals surface area contributed by atoms with Crippen LogP contribution in [-0.4, -0.2) is 4.98 Å². The molecular formula is C16H13NOS. The number of H-pyrrole nitrogens is 1. The number of nitrogens with one attached hydrogen (secondary N) is 1. The third-order valence-corrected chi connectivity index (χ3v) is 4.08. The monoisotopic (exact) mass is 267 g/mol. The van der Waals surface area contributed by atoms with Gasteiger partial charge in [0.25, 0.3) is 0 Å². The van der Waals surface area contributed by atoms with Gasteiger partial charge < -0.3 is 4.98 Å². The summed E-state index contributed by atoms with van der Waals surface area (Å²) in [5.41, 5.74) is 2.21. The Morgan fingerprint density at radius 1 is 0.947 bits per heavy atom. The largest absolute Gasteiger partial charge is 0.360 e. The fourth-order valence-electron chi connectivity index (χ4n) is 1.99. The molecule has 3 rings (SSSR count). The summed E-state index contributed by atoms with van der Waals surface area (Å²) >= 11 is 1.57. The van der Waals surface area contributed by atoms with Crippen LogP contribution in [0.4, 0.5) is 0 Å². The summed E-state index contributed by atoms with van der Waals surface area (Å²) in [5.74, 6) is 0.808. The number of thioether (sulfide) groups is 1. The van der Waals surface area contributed by atoms with Gasteiger partial charge in [-0.05, 0) is 17.7 Å². The predicted octanol–water partition coefficient (Wildman–Crippen LogP) is 3.82. The molecule has 0 spiro atoms. The van der Waals surface area contributed by atoms with Crippen LogP contribution in [0.1, 0.15) is 5.56 Å². The second-order valence-corrected chi connectivity index (χ2v) is 5.32. The van der Waals surface area contributed by atoms with E-state index < -0.39 is 0 Å². The number of para-hydroxylation sites is 1. The molecule has 3 heteroatoms. The molecule has 0 fully saturated rings. The maximum absolute atomic E-state index is 12.3. The maximum atomic E-state index is 12.3. The molecule has 0 amide bonds. The van der Waals surface area contributed by atoms with E-state index in [1.807, 2.05) is 42.5 Å². The summed E-state index contributed by atoms with van der Waals surface area (Å²) in [4.78, 5) is 16.3. The van der Waals surface area contributed by atoms with E-state index in [2.05, 4.69) is 17.1 Å². The summed E-state index contributed by atoms with van der Waals surface area (Å²) in [6.07, 6.45) is 1.80. The average Bonchev–Trinajstić information content (AvgIpc) is 2.48. The van der Waals surface area contributed by atoms with E-state index in [4.69, 9.17) is 0 Å². The molecular weight excluding hydrogens is 254 g/mol. The van der Waals surface area contributed by atoms with Crippen LogP contribution in [-0.2, 0) is 5.75 Å². The van der Waals surface area contributed by atoms with Gasteiger partial charge in [0, 0.05) is 22.9 Å². The van der Waals surface area contributed by atoms with Crippen molar-refractivity contribution in [1.82, 2.24) is 4.98 Å². The summed E-state index contributed by atoms with van der Waals surface area (Å²) in [6, 6.07) is 17.8. The highest BCUT2D eigenvalue weighted by Crippen LogP contribution is 2.20. The molecule has 0 saturated carbocycles. The fourth-order valence-corrected chi connectivity index (χ4v) is 2.89. The molecule has 0 unspecified atom stereocenters. The Morgan fingerprint density at radius 2 is 1.68 bits per heavy atom. The Hall–Kier alpha value is -2.00. The minimum atomic E-state index is 0.107. The number of benzene rings is 2. The van der Waals surface area contributed by atoms with Crippen molar-refractivity contribution in [2.75, 3.05) is 0 Å². The van der Waals surface area contributed by atoms with Crippen molar-refractivity contribution in [3.63, 3.8) is 0 Å². The highest BCUT2D eigenvalue weighted by atomic mass is 32.2. The zero-order chi connectivity index (χ0) is 13.1. The number of pyridine rings is 1. The second kappa shape index (κ2) is 5.33. The molecule has 0 aliphatic rings. The van der Waals surface area contributed by atoms with E-state index in [0.717, 1.165) is 21.6 Å². The van der Waals surface area contributed by atoms with E-state index in [9.17, 15) is 4.79 Å². The third-order valence-electron chi connectivity index (χ3n) is 2.99. The topological polar surface area (TPSA) is 32.9 Å². The standard InChI is InChI=1S/C16H13NOS/c18-16-13-8-4-5-9-14(13)17-10-15(16)19-11-12-6-2-1-3-7-12/h1-10H,11H2,(H,17,18). The first-order chi connectivity index (χ1) is 9.34. The molecule has 1 N–H and O–H groups in total. The number of hydrogen-bond donors (Lipinski definition) is 1. The lowest BCUT2D eigenvalue weighted by molar-refractivity contribution is 1.25. The Morgan fingerprint density at radius 3 is 2.53 bits per heavy atom. The fraction of sp³-hybridized carbons (Fsp3) is 0.0625. The number of hydrogen-bond acceptors (Lipinski definition) is 2. The Bertz CT molecular complexity index is 749. The highest BCUT2D eigenvalue weighted by Gasteiger charge is 2.05. The number of aromatic amines is 1. The van der Waals surface area contributed by atoms with Crippen molar-refractivity contribution < 1.29 is 0 Å². The van der Waals surface area contributed by atoms with Gasteiger partial charge in [-0.1, -0.05) is 42.5 Å². The van der Waals surface area contributed by atoms with Crippen LogP contribution in [0.5, 0.6) is 0 Å². The summed E-state index contributed by atoms with van der Waals surface area (Å²) in [7, 11) is 0. The molecule has 0 bridgehead atoms. The molecule has 94 valence electrons. The molecule has 19 heavy (non-hydrogen) atoms. The summed E-state index contributed by atoms with van der Waals surface area (Å²) < 4.78 is 0. The molecule has 0 aliphatic heterocycles. The number of fused-ring (bicyclic) bond motifs is 1. The SMILES string of the molecule is O=c1c(SCc2ccccc2)c[nH]c2ccccc12. The van der Waals surface area contributed by atoms with E-state index in [-0.39, 0.29) is 5.43 Å². The van der Waals surface area contributed by atoms with Gasteiger partial charge in [0.15, 0.2) is 0 Å². The first-order valence-corrected chi connectivity index (χ1v) is 7.10. The molecule has 1 heterocycles. The predicted molar refractivity (Wildman–Crippen MR) is 80.6 cm³/mol. The van der Waals surface area contributed by atoms with Gasteiger partial charge in [0.1, 0.15) is 0 Å². The van der Waals surface area contributed by atoms with Gasteiger partial charge >= 0.3 is 0 Å². The molecule has 0 aliphatic carbocycles. The molecule has 2 aromatic carbocycles. The van der Waals surface area contributed by atoms with Crippen molar-refractivity contribution in [2.24, 2.45) is 0 Å². The number of rotatable bonds is 3. The lowest BCUT2D eigenvalue weighted by Gasteiger charge is -2.03. The molecule has 0 saturated heterocycles. The summed E-state index contributed by atoms with van der Waals surface area (Å²) in [5, 5.41) is 0.751. The Kier molecular flexibility index (Phi) is 3.38. The van der Waals surface area contributed by atoms with Crippen LogP contribution in [0, 0.1) is 0 Å². The molecule has 3 aromatic rings. The highest BCUT2D eigenvalue weighted by molar-refractivity contribution is 7.98. The van der Waals surface area contributed by atoms with Gasteiger partial charge in [-0.2, -0.15) is 0 Å². The molecule has 2 nitrogen and oxygen atoms in total. The minimum absolute atomic E-state index is 0.107. The average molecular weight is 267 g/mol. The van der Waals surface area contributed by atoms with Gasteiger partial charge in [-0.15, -0.1) is 11.8 Å². The smallest absolute Gasteiger partial charge is 0.202 e. The Labute approximate surface area is 115 Å². The van der Waals surface area contributed by atoms with Crippen LogP contribution in [0.25, 0.3) is 10.9 Å². The third kappa shape index (κ3) is 2.56. The zero-order valence-electron chi connectivity index (χ0n) is 10.3. The zero-order valence-corrected chi connectivity index (χ0v) is 11.1. The molecule has 0 atom stereocenters. The van der Waals surface area contributed by atoms with Crippen molar-refractivity contribution in [1.29, 1.82) is 0 Å². The van der Waals surface area contributed by atoms with Crippen LogP contribution in [0.2, 0.25) is 0 Å². The summed E-state index contributed by atoms with van der Waals surface area (Å²) in [6.45, 7) is 0. The molecule has 1 aromatic heterocycles.